The third-order valence-electron chi connectivity index (χ3n) is 6.87. The van der Waals surface area contributed by atoms with Crippen LogP contribution >= 0.6 is 7.82 Å². The Balaban J connectivity index is 0. The topological polar surface area (TPSA) is 402 Å². The zero-order valence-corrected chi connectivity index (χ0v) is 36.8. The van der Waals surface area contributed by atoms with Crippen LogP contribution in [-0.2, 0) is 56.9 Å². The average Bonchev–Trinajstić information content (AvgIpc) is 2.96. The van der Waals surface area contributed by atoms with E-state index in [9.17, 15) is 73.0 Å². The number of aliphatic hydroxyl groups is 7. The van der Waals surface area contributed by atoms with Crippen molar-refractivity contribution in [2.24, 2.45) is 5.73 Å². The Labute approximate surface area is 372 Å². The quantitative estimate of drug-likeness (QED) is 0.0349. The number of phosphoric acid groups is 1. The maximum Gasteiger partial charge on any atom is 1.00 e. The second-order valence-electron chi connectivity index (χ2n) is 10.2. The van der Waals surface area contributed by atoms with E-state index in [0.29, 0.717) is 0 Å². The molecule has 9 N–H and O–H groups in total. The minimum absolute atomic E-state index is 0. The van der Waals surface area contributed by atoms with Gasteiger partial charge in [-0.15, -0.1) is 0 Å². The van der Waals surface area contributed by atoms with Crippen molar-refractivity contribution in [2.45, 2.75) is 92.1 Å². The SMILES string of the molecule is N[C@@H](CO[C@@H]1OC[C@@H](O[C@@H]2O[C@H](CO)[C@H](O[C@@H]3O[C@H](COS(=O)(=O)[O-])[C@H](O)[C@H](O)[C@H]3O)[C@H](O)[C@H]2O)[C@H](O)[C@H]1OP(=O)([O-])[O-])C(=O)[O-].[Na+].[Na+].[Na+].[Na+]. The summed E-state index contributed by atoms with van der Waals surface area (Å²) >= 11 is 0. The van der Waals surface area contributed by atoms with E-state index in [2.05, 4.69) is 8.71 Å². The third kappa shape index (κ3) is 15.7. The first kappa shape index (κ1) is 55.0. The number of aliphatic carboxylic acids is 1. The van der Waals surface area contributed by atoms with Crippen molar-refractivity contribution in [3.63, 3.8) is 0 Å². The number of nitrogens with two attached hydrogens (primary N) is 1. The van der Waals surface area contributed by atoms with Gasteiger partial charge in [0.15, 0.2) is 18.9 Å². The molecule has 0 aliphatic carbocycles. The van der Waals surface area contributed by atoms with Crippen molar-refractivity contribution in [1.82, 2.24) is 0 Å². The number of hydrogen-bond acceptors (Lipinski definition) is 24. The molecule has 24 nitrogen and oxygen atoms in total. The van der Waals surface area contributed by atoms with Crippen LogP contribution in [0.25, 0.3) is 0 Å². The molecule has 0 aromatic rings. The standard InChI is InChI=1S/C20H36NO23PS.4Na/c21-5(17(29)30)2-37-20-16(44-45(31,32)33)10(24)7(3-38-20)41-18-14(28)12(26)15(6(1-22)40-18)43-19-13(27)11(25)9(23)8(42-19)4-39-46(34,35)36;;;;/h5-16,18-20,22-28H,1-4,21H2,(H,29,30)(H2,31,32,33)(H,34,35,36);;;;/q;4*+1/p-4/t5-,6+,7+,8+,9-,10-,11-,12+,13+,14+,15-,16+,18-,19-,20+;;;;/m0..../s1. The maximum atomic E-state index is 11.3. The number of phosphoric ester groups is 1. The average molecular weight is 809 g/mol. The number of aliphatic hydroxyl groups excluding tert-OH is 7. The van der Waals surface area contributed by atoms with E-state index in [1.165, 1.54) is 0 Å². The molecule has 0 unspecified atom stereocenters. The van der Waals surface area contributed by atoms with Gasteiger partial charge in [0.2, 0.25) is 10.4 Å². The number of rotatable bonds is 14. The van der Waals surface area contributed by atoms with Crippen LogP contribution in [-0.4, -0.2) is 173 Å². The van der Waals surface area contributed by atoms with Crippen LogP contribution in [0.3, 0.4) is 0 Å². The van der Waals surface area contributed by atoms with E-state index in [4.69, 9.17) is 34.2 Å². The normalized spacial score (nSPS) is 38.3. The van der Waals surface area contributed by atoms with Crippen LogP contribution in [0.1, 0.15) is 0 Å². The van der Waals surface area contributed by atoms with Gasteiger partial charge in [0.05, 0.1) is 46.3 Å². The first-order valence-electron chi connectivity index (χ1n) is 13.1. The van der Waals surface area contributed by atoms with Crippen LogP contribution in [0, 0.1) is 0 Å². The minimum atomic E-state index is -5.86. The van der Waals surface area contributed by atoms with Gasteiger partial charge in [-0.25, -0.2) is 8.42 Å². The van der Waals surface area contributed by atoms with Crippen molar-refractivity contribution in [3.05, 3.63) is 0 Å². The second-order valence-corrected chi connectivity index (χ2v) is 12.3. The smallest absolute Gasteiger partial charge is 0.790 e. The maximum absolute atomic E-state index is 11.3. The number of carbonyl (C=O) groups is 1. The molecule has 15 atom stereocenters. The van der Waals surface area contributed by atoms with Gasteiger partial charge in [-0.2, -0.15) is 0 Å². The van der Waals surface area contributed by atoms with Crippen molar-refractivity contribution in [3.8, 4) is 0 Å². The van der Waals surface area contributed by atoms with Crippen LogP contribution in [0.2, 0.25) is 0 Å². The minimum Gasteiger partial charge on any atom is -0.790 e. The Bertz CT molecular complexity index is 1180. The Morgan fingerprint density at radius 1 is 0.840 bits per heavy atom. The Kier molecular flexibility index (Phi) is 26.4. The van der Waals surface area contributed by atoms with Crippen LogP contribution in [0.15, 0.2) is 0 Å². The van der Waals surface area contributed by atoms with E-state index < -0.39 is 143 Å². The fraction of sp³-hybridized carbons (Fsp3) is 0.950. The summed E-state index contributed by atoms with van der Waals surface area (Å²) in [6.45, 7) is -3.71. The fourth-order valence-corrected chi connectivity index (χ4v) is 5.35. The number of ether oxygens (including phenoxy) is 6. The molecule has 270 valence electrons. The monoisotopic (exact) mass is 809 g/mol. The van der Waals surface area contributed by atoms with Crippen molar-refractivity contribution in [1.29, 1.82) is 0 Å². The van der Waals surface area contributed by atoms with Crippen molar-refractivity contribution < 1.29 is 228 Å². The van der Waals surface area contributed by atoms with Crippen molar-refractivity contribution >= 4 is 24.2 Å². The molecule has 3 fully saturated rings. The molecule has 3 aliphatic rings. The zero-order valence-electron chi connectivity index (χ0n) is 27.1. The summed E-state index contributed by atoms with van der Waals surface area (Å²) in [4.78, 5) is 33.4. The van der Waals surface area contributed by atoms with Gasteiger partial charge in [0.25, 0.3) is 0 Å². The summed E-state index contributed by atoms with van der Waals surface area (Å²) in [6.07, 6.45) is -27.6. The van der Waals surface area contributed by atoms with Gasteiger partial charge in [-0.3, -0.25) is 4.18 Å². The molecule has 3 saturated heterocycles. The summed E-state index contributed by atoms with van der Waals surface area (Å²) in [6, 6.07) is -1.74. The molecular weight excluding hydrogens is 777 g/mol. The first-order chi connectivity index (χ1) is 21.2. The molecule has 0 aromatic carbocycles. The summed E-state index contributed by atoms with van der Waals surface area (Å²) in [7, 11) is -11.1. The molecule has 0 saturated carbocycles. The number of carbonyl (C=O) groups excluding carboxylic acids is 1. The molecule has 30 heteroatoms. The Morgan fingerprint density at radius 3 is 1.90 bits per heavy atom. The van der Waals surface area contributed by atoms with Gasteiger partial charge in [0, 0.05) is 0 Å². The number of carboxylic acid groups (broad SMARTS) is 1. The summed E-state index contributed by atoms with van der Waals surface area (Å²) in [5.74, 6) is -1.77. The van der Waals surface area contributed by atoms with Gasteiger partial charge in [-0.05, 0) is 0 Å². The van der Waals surface area contributed by atoms with E-state index in [1.54, 1.807) is 0 Å². The zero-order chi connectivity index (χ0) is 34.7. The van der Waals surface area contributed by atoms with E-state index in [0.717, 1.165) is 0 Å². The molecule has 50 heavy (non-hydrogen) atoms. The summed E-state index contributed by atoms with van der Waals surface area (Å²) < 4.78 is 83.4. The molecule has 3 rings (SSSR count). The van der Waals surface area contributed by atoms with Gasteiger partial charge < -0.3 is 103 Å². The Morgan fingerprint density at radius 2 is 1.38 bits per heavy atom. The molecule has 0 spiro atoms. The largest absolute Gasteiger partial charge is 1.00 e. The molecule has 3 heterocycles. The molecule has 0 radical (unpaired) electrons. The van der Waals surface area contributed by atoms with E-state index in [-0.39, 0.29) is 118 Å². The van der Waals surface area contributed by atoms with Crippen LogP contribution in [0.5, 0.6) is 0 Å². The molecular formula is C20H32NNa4O23PS. The molecule has 0 amide bonds. The molecule has 3 aliphatic heterocycles. The van der Waals surface area contributed by atoms with Gasteiger partial charge in [-0.1, -0.05) is 0 Å². The van der Waals surface area contributed by atoms with Crippen LogP contribution < -0.4 is 139 Å². The van der Waals surface area contributed by atoms with Gasteiger partial charge >= 0.3 is 118 Å². The van der Waals surface area contributed by atoms with Crippen molar-refractivity contribution in [2.75, 3.05) is 26.4 Å². The molecule has 0 bridgehead atoms. The number of carboxylic acids is 1. The predicted molar refractivity (Wildman–Crippen MR) is 127 cm³/mol. The third-order valence-corrected chi connectivity index (χ3v) is 7.80. The Hall–Kier alpha value is 2.89. The fourth-order valence-electron chi connectivity index (χ4n) is 4.52. The van der Waals surface area contributed by atoms with Crippen LogP contribution in [0.4, 0.5) is 0 Å². The summed E-state index contributed by atoms with van der Waals surface area (Å²) in [5.41, 5.74) is 5.24. The number of hydrogen-bond donors (Lipinski definition) is 8. The first-order valence-corrected chi connectivity index (χ1v) is 15.8. The van der Waals surface area contributed by atoms with Gasteiger partial charge in [0.1, 0.15) is 67.1 Å². The second kappa shape index (κ2) is 24.0. The summed E-state index contributed by atoms with van der Waals surface area (Å²) in [5, 5.41) is 83.3. The predicted octanol–water partition coefficient (Wildman–Crippen LogP) is -22.5. The van der Waals surface area contributed by atoms with E-state index in [1.807, 2.05) is 0 Å². The van der Waals surface area contributed by atoms with E-state index >= 15 is 0 Å². The molecule has 0 aromatic heterocycles.